The molecule has 4 nitrogen and oxygen atoms in total. The number of hydrogen-bond donors (Lipinski definition) is 1. The molecule has 150 valence electrons. The average molecular weight is 482 g/mol. The number of amides is 1. The molecule has 0 saturated heterocycles. The number of aryl methyl sites for hydroxylation is 1. The Morgan fingerprint density at radius 2 is 1.93 bits per heavy atom. The highest BCUT2D eigenvalue weighted by Crippen LogP contribution is 2.27. The van der Waals surface area contributed by atoms with Crippen molar-refractivity contribution in [2.24, 2.45) is 0 Å². The van der Waals surface area contributed by atoms with E-state index in [1.807, 2.05) is 49.4 Å². The Hall–Kier alpha value is -3.07. The molecule has 1 N–H and O–H groups in total. The molecule has 0 heterocycles. The van der Waals surface area contributed by atoms with Crippen LogP contribution in [0.2, 0.25) is 5.02 Å². The Morgan fingerprint density at radius 3 is 2.63 bits per heavy atom. The van der Waals surface area contributed by atoms with Crippen LogP contribution in [0.5, 0.6) is 5.75 Å². The number of benzene rings is 3. The molecule has 3 rings (SSSR count). The first-order chi connectivity index (χ1) is 14.5. The van der Waals surface area contributed by atoms with Crippen LogP contribution in [0.25, 0.3) is 6.08 Å². The van der Waals surface area contributed by atoms with Crippen molar-refractivity contribution >= 4 is 45.2 Å². The van der Waals surface area contributed by atoms with Crippen LogP contribution in [0.15, 0.2) is 76.8 Å². The number of nitrogens with zero attached hydrogens (tertiary/aromatic N) is 1. The molecule has 0 aromatic heterocycles. The third-order valence-electron chi connectivity index (χ3n) is 4.30. The van der Waals surface area contributed by atoms with Crippen LogP contribution in [0.3, 0.4) is 0 Å². The van der Waals surface area contributed by atoms with Crippen molar-refractivity contribution in [1.82, 2.24) is 0 Å². The number of carbonyl (C=O) groups is 1. The van der Waals surface area contributed by atoms with Crippen LogP contribution in [-0.2, 0) is 11.4 Å². The largest absolute Gasteiger partial charge is 0.488 e. The molecule has 0 radical (unpaired) electrons. The Bertz CT molecular complexity index is 1140. The minimum Gasteiger partial charge on any atom is -0.488 e. The third kappa shape index (κ3) is 5.73. The summed E-state index contributed by atoms with van der Waals surface area (Å²) in [6.45, 7) is 2.25. The maximum absolute atomic E-state index is 12.6. The van der Waals surface area contributed by atoms with E-state index in [4.69, 9.17) is 16.3 Å². The van der Waals surface area contributed by atoms with Gasteiger partial charge in [0.25, 0.3) is 5.91 Å². The van der Waals surface area contributed by atoms with E-state index in [2.05, 4.69) is 21.2 Å². The van der Waals surface area contributed by atoms with Gasteiger partial charge in [-0.15, -0.1) is 0 Å². The zero-order valence-electron chi connectivity index (χ0n) is 16.2. The van der Waals surface area contributed by atoms with Crippen LogP contribution in [0.1, 0.15) is 16.7 Å². The maximum atomic E-state index is 12.6. The summed E-state index contributed by atoms with van der Waals surface area (Å²) in [6, 6.07) is 22.4. The molecule has 0 aliphatic heterocycles. The highest BCUT2D eigenvalue weighted by atomic mass is 79.9. The number of ether oxygens (including phenoxy) is 1. The zero-order chi connectivity index (χ0) is 21.5. The fraction of sp³-hybridized carbons (Fsp3) is 0.0833. The van der Waals surface area contributed by atoms with E-state index in [1.54, 1.807) is 30.3 Å². The average Bonchev–Trinajstić information content (AvgIpc) is 2.74. The molecule has 0 aliphatic rings. The van der Waals surface area contributed by atoms with Gasteiger partial charge in [-0.25, -0.2) is 0 Å². The fourth-order valence-corrected chi connectivity index (χ4v) is 3.23. The summed E-state index contributed by atoms with van der Waals surface area (Å²) in [5.74, 6) is 0.0485. The summed E-state index contributed by atoms with van der Waals surface area (Å²) in [7, 11) is 0. The molecule has 6 heteroatoms. The van der Waals surface area contributed by atoms with E-state index in [-0.39, 0.29) is 5.57 Å². The Labute approximate surface area is 188 Å². The molecular formula is C24H18BrClN2O2. The minimum absolute atomic E-state index is 0.0469. The standard InChI is InChI=1S/C24H18BrClN2O2/c1-16-7-9-21(13-22(16)26)28-24(29)19(14-27)11-18-12-20(25)8-10-23(18)30-15-17-5-3-2-4-6-17/h2-13H,15H2,1H3,(H,28,29)/b19-11-. The third-order valence-corrected chi connectivity index (χ3v) is 5.20. The summed E-state index contributed by atoms with van der Waals surface area (Å²) in [6.07, 6.45) is 1.51. The van der Waals surface area contributed by atoms with Gasteiger partial charge >= 0.3 is 0 Å². The molecule has 3 aromatic carbocycles. The predicted molar refractivity (Wildman–Crippen MR) is 123 cm³/mol. The second kappa shape index (κ2) is 10.1. The van der Waals surface area contributed by atoms with E-state index in [9.17, 15) is 10.1 Å². The van der Waals surface area contributed by atoms with Crippen LogP contribution in [0.4, 0.5) is 5.69 Å². The minimum atomic E-state index is -0.522. The van der Waals surface area contributed by atoms with Gasteiger partial charge in [0.2, 0.25) is 0 Å². The highest BCUT2D eigenvalue weighted by Gasteiger charge is 2.13. The number of carbonyl (C=O) groups excluding carboxylic acids is 1. The van der Waals surface area contributed by atoms with Crippen LogP contribution in [-0.4, -0.2) is 5.91 Å². The van der Waals surface area contributed by atoms with Gasteiger partial charge in [-0.05, 0) is 54.5 Å². The Balaban J connectivity index is 1.83. The lowest BCUT2D eigenvalue weighted by Crippen LogP contribution is -2.13. The van der Waals surface area contributed by atoms with Gasteiger partial charge in [0.15, 0.2) is 0 Å². The predicted octanol–water partition coefficient (Wildman–Crippen LogP) is 6.54. The summed E-state index contributed by atoms with van der Waals surface area (Å²) >= 11 is 9.54. The molecule has 0 saturated carbocycles. The van der Waals surface area contributed by atoms with Crippen molar-refractivity contribution in [1.29, 1.82) is 5.26 Å². The van der Waals surface area contributed by atoms with Gasteiger partial charge in [0.05, 0.1) is 0 Å². The molecule has 0 fully saturated rings. The lowest BCUT2D eigenvalue weighted by Gasteiger charge is -2.11. The fourth-order valence-electron chi connectivity index (χ4n) is 2.67. The van der Waals surface area contributed by atoms with Crippen molar-refractivity contribution in [2.45, 2.75) is 13.5 Å². The Kier molecular flexibility index (Phi) is 7.29. The quantitative estimate of drug-likeness (QED) is 0.321. The number of nitrogens with one attached hydrogen (secondary N) is 1. The number of anilines is 1. The van der Waals surface area contributed by atoms with E-state index < -0.39 is 5.91 Å². The maximum Gasteiger partial charge on any atom is 0.266 e. The van der Waals surface area contributed by atoms with E-state index in [1.165, 1.54) is 6.08 Å². The lowest BCUT2D eigenvalue weighted by atomic mass is 10.1. The summed E-state index contributed by atoms with van der Waals surface area (Å²) < 4.78 is 6.74. The van der Waals surface area contributed by atoms with Gasteiger partial charge in [0.1, 0.15) is 24.0 Å². The van der Waals surface area contributed by atoms with E-state index >= 15 is 0 Å². The first-order valence-electron chi connectivity index (χ1n) is 9.12. The van der Waals surface area contributed by atoms with E-state index in [0.717, 1.165) is 15.6 Å². The van der Waals surface area contributed by atoms with Crippen molar-refractivity contribution in [2.75, 3.05) is 5.32 Å². The number of rotatable bonds is 6. The monoisotopic (exact) mass is 480 g/mol. The van der Waals surface area contributed by atoms with Crippen molar-refractivity contribution in [3.8, 4) is 11.8 Å². The lowest BCUT2D eigenvalue weighted by molar-refractivity contribution is -0.112. The summed E-state index contributed by atoms with van der Waals surface area (Å²) in [5, 5.41) is 12.8. The van der Waals surface area contributed by atoms with Gasteiger partial charge in [0, 0.05) is 20.7 Å². The highest BCUT2D eigenvalue weighted by molar-refractivity contribution is 9.10. The number of nitriles is 1. The van der Waals surface area contributed by atoms with Crippen LogP contribution < -0.4 is 10.1 Å². The number of halogens is 2. The molecule has 3 aromatic rings. The molecule has 0 spiro atoms. The molecule has 0 atom stereocenters. The van der Waals surface area contributed by atoms with Gasteiger partial charge in [-0.3, -0.25) is 4.79 Å². The molecule has 0 aliphatic carbocycles. The summed E-state index contributed by atoms with van der Waals surface area (Å²) in [5.41, 5.74) is 3.01. The SMILES string of the molecule is Cc1ccc(NC(=O)/C(C#N)=C\c2cc(Br)ccc2OCc2ccccc2)cc1Cl. The summed E-state index contributed by atoms with van der Waals surface area (Å²) in [4.78, 5) is 12.6. The normalized spacial score (nSPS) is 10.9. The van der Waals surface area contributed by atoms with Crippen LogP contribution >= 0.6 is 27.5 Å². The van der Waals surface area contributed by atoms with Crippen LogP contribution in [0, 0.1) is 18.3 Å². The van der Waals surface area contributed by atoms with E-state index in [0.29, 0.717) is 28.6 Å². The topological polar surface area (TPSA) is 62.1 Å². The molecule has 1 amide bonds. The molecule has 0 bridgehead atoms. The van der Waals surface area contributed by atoms with Crippen molar-refractivity contribution < 1.29 is 9.53 Å². The zero-order valence-corrected chi connectivity index (χ0v) is 18.5. The van der Waals surface area contributed by atoms with Gasteiger partial charge in [-0.2, -0.15) is 5.26 Å². The number of hydrogen-bond acceptors (Lipinski definition) is 3. The molecular weight excluding hydrogens is 464 g/mol. The van der Waals surface area contributed by atoms with Gasteiger partial charge < -0.3 is 10.1 Å². The molecule has 0 unspecified atom stereocenters. The second-order valence-corrected chi connectivity index (χ2v) is 7.87. The van der Waals surface area contributed by atoms with Crippen molar-refractivity contribution in [3.05, 3.63) is 98.5 Å². The first-order valence-corrected chi connectivity index (χ1v) is 10.3. The van der Waals surface area contributed by atoms with Crippen molar-refractivity contribution in [3.63, 3.8) is 0 Å². The Morgan fingerprint density at radius 1 is 1.17 bits per heavy atom. The van der Waals surface area contributed by atoms with Gasteiger partial charge in [-0.1, -0.05) is 63.9 Å². The smallest absolute Gasteiger partial charge is 0.266 e. The first kappa shape index (κ1) is 21.6. The second-order valence-electron chi connectivity index (χ2n) is 6.54. The molecule has 30 heavy (non-hydrogen) atoms.